The third kappa shape index (κ3) is 8.79. The van der Waals surface area contributed by atoms with E-state index < -0.39 is 5.60 Å². The van der Waals surface area contributed by atoms with E-state index in [-0.39, 0.29) is 41.7 Å². The van der Waals surface area contributed by atoms with E-state index in [0.29, 0.717) is 73.9 Å². The Bertz CT molecular complexity index is 2320. The van der Waals surface area contributed by atoms with E-state index in [0.717, 1.165) is 58.4 Å². The molecule has 2 aliphatic rings. The van der Waals surface area contributed by atoms with Crippen LogP contribution in [0.1, 0.15) is 79.6 Å². The Kier molecular flexibility index (Phi) is 11.8. The quantitative estimate of drug-likeness (QED) is 0.123. The zero-order chi connectivity index (χ0) is 39.4. The van der Waals surface area contributed by atoms with Gasteiger partial charge in [-0.3, -0.25) is 28.7 Å². The molecule has 1 fully saturated rings. The van der Waals surface area contributed by atoms with Crippen LogP contribution in [-0.4, -0.2) is 67.5 Å². The highest BCUT2D eigenvalue weighted by molar-refractivity contribution is 6.36. The normalized spacial score (nSPS) is 15.8. The molecule has 2 aromatic heterocycles. The van der Waals surface area contributed by atoms with Crippen molar-refractivity contribution in [1.82, 2.24) is 24.8 Å². The second kappa shape index (κ2) is 16.9. The monoisotopic (exact) mass is 776 g/mol. The third-order valence-corrected chi connectivity index (χ3v) is 11.7. The Labute approximate surface area is 331 Å². The number of piperidine rings is 1. The molecule has 3 aromatic carbocycles. The lowest BCUT2D eigenvalue weighted by molar-refractivity contribution is -0.140. The summed E-state index contributed by atoms with van der Waals surface area (Å²) < 4.78 is 1.43. The fourth-order valence-electron chi connectivity index (χ4n) is 7.88. The smallest absolute Gasteiger partial charge is 0.261 e. The van der Waals surface area contributed by atoms with Crippen LogP contribution < -0.4 is 16.2 Å². The number of carbonyl (C=O) groups excluding carboxylic acids is 3. The van der Waals surface area contributed by atoms with Crippen LogP contribution in [0.2, 0.25) is 5.02 Å². The van der Waals surface area contributed by atoms with Crippen molar-refractivity contribution in [3.8, 4) is 0 Å². The molecule has 3 heterocycles. The number of fused-ring (bicyclic) bond motifs is 3. The maximum Gasteiger partial charge on any atom is 0.261 e. The summed E-state index contributed by atoms with van der Waals surface area (Å²) in [6, 6.07) is 20.4. The molecular formula is C44H49ClN6O5. The number of amides is 3. The largest absolute Gasteiger partial charge is 0.388 e. The van der Waals surface area contributed by atoms with Gasteiger partial charge in [-0.05, 0) is 99.2 Å². The van der Waals surface area contributed by atoms with E-state index in [2.05, 4.69) is 15.6 Å². The number of aryl methyl sites for hydroxylation is 1. The maximum atomic E-state index is 14.1. The Morgan fingerprint density at radius 1 is 0.946 bits per heavy atom. The molecule has 1 aliphatic heterocycles. The van der Waals surface area contributed by atoms with Gasteiger partial charge in [0, 0.05) is 53.8 Å². The first-order valence-electron chi connectivity index (χ1n) is 19.7. The fraction of sp³-hybridized carbons (Fsp3) is 0.409. The number of carbonyl (C=O) groups is 3. The third-order valence-electron chi connectivity index (χ3n) is 11.2. The van der Waals surface area contributed by atoms with Gasteiger partial charge < -0.3 is 20.6 Å². The van der Waals surface area contributed by atoms with Crippen molar-refractivity contribution in [2.24, 2.45) is 11.8 Å². The molecule has 1 atom stereocenters. The first-order valence-corrected chi connectivity index (χ1v) is 20.1. The van der Waals surface area contributed by atoms with Crippen molar-refractivity contribution >= 4 is 56.8 Å². The van der Waals surface area contributed by atoms with Crippen molar-refractivity contribution in [2.75, 3.05) is 25.0 Å². The van der Waals surface area contributed by atoms with Crippen LogP contribution in [-0.2, 0) is 35.4 Å². The second-order valence-electron chi connectivity index (χ2n) is 15.7. The Morgan fingerprint density at radius 3 is 2.46 bits per heavy atom. The first kappa shape index (κ1) is 39.1. The maximum absolute atomic E-state index is 14.1. The highest BCUT2D eigenvalue weighted by Crippen LogP contribution is 2.33. The molecule has 3 amide bonds. The molecule has 56 heavy (non-hydrogen) atoms. The minimum Gasteiger partial charge on any atom is -0.388 e. The number of benzene rings is 3. The van der Waals surface area contributed by atoms with Crippen molar-refractivity contribution in [3.05, 3.63) is 111 Å². The molecule has 7 rings (SSSR count). The molecule has 5 aromatic rings. The predicted molar refractivity (Wildman–Crippen MR) is 219 cm³/mol. The van der Waals surface area contributed by atoms with Crippen LogP contribution in [0.25, 0.3) is 21.8 Å². The Morgan fingerprint density at radius 2 is 1.70 bits per heavy atom. The number of aromatic nitrogens is 3. The average molecular weight is 777 g/mol. The molecular weight excluding hydrogens is 728 g/mol. The van der Waals surface area contributed by atoms with Crippen LogP contribution in [0.15, 0.2) is 77.9 Å². The summed E-state index contributed by atoms with van der Waals surface area (Å²) in [5.74, 6) is -0.784. The standard InChI is InChI=1S/C44H49ClN6O5/c1-28(2)40(52)48-32-15-17-35-37(25-32)47-27-51(43(35)55)26-44(56)18-21-50(22-19-44)42(54)31(23-29-9-4-3-5-10-29)11-8-20-46-41(53)30-14-16-34-38(24-30)49-36-13-7-6-12-33(36)39(34)45/h3-5,9-10,14-17,24-25,27-28,31,56H,6-8,11-13,18-23,26H2,1-2H3,(H,46,53)(H,48,52)/t31-/m0/s1. The van der Waals surface area contributed by atoms with Gasteiger partial charge in [0.2, 0.25) is 11.8 Å². The number of hydrogen-bond donors (Lipinski definition) is 3. The second-order valence-corrected chi connectivity index (χ2v) is 16.1. The lowest BCUT2D eigenvalue weighted by atomic mass is 9.88. The van der Waals surface area contributed by atoms with Crippen LogP contribution in [0, 0.1) is 11.8 Å². The molecule has 0 spiro atoms. The number of pyridine rings is 1. The van der Waals surface area contributed by atoms with E-state index in [1.54, 1.807) is 38.1 Å². The number of anilines is 1. The van der Waals surface area contributed by atoms with Crippen molar-refractivity contribution in [2.45, 2.75) is 83.8 Å². The summed E-state index contributed by atoms with van der Waals surface area (Å²) in [5, 5.41) is 19.5. The van der Waals surface area contributed by atoms with Gasteiger partial charge in [0.15, 0.2) is 0 Å². The van der Waals surface area contributed by atoms with Gasteiger partial charge in [0.25, 0.3) is 11.5 Å². The number of nitrogens with one attached hydrogen (secondary N) is 2. The van der Waals surface area contributed by atoms with Crippen molar-refractivity contribution in [1.29, 1.82) is 0 Å². The molecule has 1 aliphatic carbocycles. The predicted octanol–water partition coefficient (Wildman–Crippen LogP) is 6.49. The zero-order valence-electron chi connectivity index (χ0n) is 32.0. The van der Waals surface area contributed by atoms with E-state index >= 15 is 0 Å². The molecule has 0 saturated carbocycles. The molecule has 1 saturated heterocycles. The molecule has 12 heteroatoms. The zero-order valence-corrected chi connectivity index (χ0v) is 32.8. The lowest BCUT2D eigenvalue weighted by Gasteiger charge is -2.39. The highest BCUT2D eigenvalue weighted by Gasteiger charge is 2.36. The van der Waals surface area contributed by atoms with Crippen LogP contribution in [0.3, 0.4) is 0 Å². The minimum absolute atomic E-state index is 0.0212. The van der Waals surface area contributed by atoms with Gasteiger partial charge in [-0.1, -0.05) is 61.8 Å². The van der Waals surface area contributed by atoms with Gasteiger partial charge in [0.1, 0.15) is 0 Å². The highest BCUT2D eigenvalue weighted by atomic mass is 35.5. The van der Waals surface area contributed by atoms with Gasteiger partial charge in [-0.15, -0.1) is 0 Å². The summed E-state index contributed by atoms with van der Waals surface area (Å²) in [5.41, 5.74) is 4.03. The molecule has 0 radical (unpaired) electrons. The van der Waals surface area contributed by atoms with Crippen molar-refractivity contribution in [3.63, 3.8) is 0 Å². The van der Waals surface area contributed by atoms with Gasteiger partial charge >= 0.3 is 0 Å². The van der Waals surface area contributed by atoms with Gasteiger partial charge in [-0.2, -0.15) is 0 Å². The summed E-state index contributed by atoms with van der Waals surface area (Å²) in [6.45, 7) is 4.79. The van der Waals surface area contributed by atoms with Gasteiger partial charge in [0.05, 0.1) is 39.9 Å². The summed E-state index contributed by atoms with van der Waals surface area (Å²) in [6.07, 6.45) is 7.85. The molecule has 3 N–H and O–H groups in total. The van der Waals surface area contributed by atoms with E-state index in [1.165, 1.54) is 10.9 Å². The van der Waals surface area contributed by atoms with Crippen LogP contribution in [0.5, 0.6) is 0 Å². The Hall–Kier alpha value is -5.13. The molecule has 0 unspecified atom stereocenters. The molecule has 11 nitrogen and oxygen atoms in total. The number of nitrogens with zero attached hydrogens (tertiary/aromatic N) is 4. The topological polar surface area (TPSA) is 147 Å². The number of halogens is 1. The molecule has 292 valence electrons. The summed E-state index contributed by atoms with van der Waals surface area (Å²) >= 11 is 6.75. The van der Waals surface area contributed by atoms with E-state index in [9.17, 15) is 24.3 Å². The van der Waals surface area contributed by atoms with E-state index in [1.807, 2.05) is 47.4 Å². The van der Waals surface area contributed by atoms with Crippen LogP contribution >= 0.6 is 11.6 Å². The fourth-order valence-corrected chi connectivity index (χ4v) is 8.25. The van der Waals surface area contributed by atoms with Crippen molar-refractivity contribution < 1.29 is 19.5 Å². The average Bonchev–Trinajstić information content (AvgIpc) is 3.20. The Balaban J connectivity index is 0.959. The van der Waals surface area contributed by atoms with Gasteiger partial charge in [-0.25, -0.2) is 4.98 Å². The lowest BCUT2D eigenvalue weighted by Crippen LogP contribution is -2.51. The summed E-state index contributed by atoms with van der Waals surface area (Å²) in [4.78, 5) is 63.9. The SMILES string of the molecule is CC(C)C(=O)Nc1ccc2c(=O)n(CC3(O)CCN(C(=O)[C@@H](CCCNC(=O)c4ccc5c(Cl)c6c(nc5c4)CCCC6)Cc4ccccc4)CC3)cnc2c1. The molecule has 0 bridgehead atoms. The number of likely N-dealkylation sites (tertiary alicyclic amines) is 1. The van der Waals surface area contributed by atoms with E-state index in [4.69, 9.17) is 16.6 Å². The number of aliphatic hydroxyl groups is 1. The summed E-state index contributed by atoms with van der Waals surface area (Å²) in [7, 11) is 0. The van der Waals surface area contributed by atoms with Crippen LogP contribution in [0.4, 0.5) is 5.69 Å². The number of rotatable bonds is 12. The number of hydrogen-bond acceptors (Lipinski definition) is 7. The minimum atomic E-state index is -1.19. The first-order chi connectivity index (χ1) is 27.0.